The van der Waals surface area contributed by atoms with Crippen LogP contribution in [0, 0.1) is 0 Å². The average Bonchev–Trinajstić information content (AvgIpc) is 2.34. The van der Waals surface area contributed by atoms with Crippen molar-refractivity contribution in [2.24, 2.45) is 0 Å². The summed E-state index contributed by atoms with van der Waals surface area (Å²) in [5.41, 5.74) is 7.67. The molecular weight excluding hydrogens is 234 g/mol. The number of hydrogen-bond acceptors (Lipinski definition) is 2. The molecule has 0 bridgehead atoms. The van der Waals surface area contributed by atoms with Gasteiger partial charge in [0.25, 0.3) is 0 Å². The largest absolute Gasteiger partial charge is 0.398 e. The van der Waals surface area contributed by atoms with Gasteiger partial charge in [-0.25, -0.2) is 0 Å². The quantitative estimate of drug-likeness (QED) is 0.666. The van der Waals surface area contributed by atoms with Gasteiger partial charge in [-0.2, -0.15) is 0 Å². The molecule has 0 radical (unpaired) electrons. The molecular formula is C14H12ClNO. The molecule has 0 spiro atoms. The van der Waals surface area contributed by atoms with Crippen LogP contribution in [0.4, 0.5) is 5.69 Å². The number of nitrogen functional groups attached to an aromatic ring is 1. The van der Waals surface area contributed by atoms with Gasteiger partial charge in [0.15, 0.2) is 5.78 Å². The molecule has 2 aromatic rings. The first-order chi connectivity index (χ1) is 8.16. The van der Waals surface area contributed by atoms with Crippen LogP contribution in [-0.4, -0.2) is 5.78 Å². The zero-order chi connectivity index (χ0) is 12.3. The number of halogens is 1. The molecule has 0 saturated heterocycles. The second kappa shape index (κ2) is 5.02. The summed E-state index contributed by atoms with van der Waals surface area (Å²) < 4.78 is 0. The fraction of sp³-hybridized carbons (Fsp3) is 0.0714. The lowest BCUT2D eigenvalue weighted by atomic mass is 10.0. The van der Waals surface area contributed by atoms with Crippen molar-refractivity contribution < 1.29 is 4.79 Å². The van der Waals surface area contributed by atoms with Crippen LogP contribution >= 0.6 is 11.6 Å². The maximum absolute atomic E-state index is 12.0. The minimum absolute atomic E-state index is 0.0399. The van der Waals surface area contributed by atoms with Crippen molar-refractivity contribution >= 4 is 23.1 Å². The number of hydrogen-bond donors (Lipinski definition) is 1. The number of anilines is 1. The number of Topliss-reactive ketones (excluding diaryl/α,β-unsaturated/α-hetero) is 1. The number of nitrogens with two attached hydrogens (primary N) is 1. The van der Waals surface area contributed by atoms with Crippen LogP contribution in [0.2, 0.25) is 5.02 Å². The van der Waals surface area contributed by atoms with Crippen LogP contribution in [0.1, 0.15) is 15.9 Å². The van der Waals surface area contributed by atoms with E-state index in [9.17, 15) is 4.79 Å². The Morgan fingerprint density at radius 2 is 1.82 bits per heavy atom. The Hall–Kier alpha value is -1.80. The van der Waals surface area contributed by atoms with Gasteiger partial charge < -0.3 is 5.73 Å². The molecule has 2 aromatic carbocycles. The Labute approximate surface area is 105 Å². The fourth-order valence-corrected chi connectivity index (χ4v) is 1.76. The number of ketones is 1. The zero-order valence-corrected chi connectivity index (χ0v) is 9.95. The van der Waals surface area contributed by atoms with Crippen LogP contribution in [0.5, 0.6) is 0 Å². The minimum Gasteiger partial charge on any atom is -0.398 e. The third-order valence-corrected chi connectivity index (χ3v) is 2.86. The van der Waals surface area contributed by atoms with Crippen molar-refractivity contribution in [1.82, 2.24) is 0 Å². The Kier molecular flexibility index (Phi) is 3.45. The molecule has 0 aliphatic carbocycles. The summed E-state index contributed by atoms with van der Waals surface area (Å²) in [5.74, 6) is 0.0399. The van der Waals surface area contributed by atoms with Gasteiger partial charge in [0.1, 0.15) is 0 Å². The van der Waals surface area contributed by atoms with Crippen LogP contribution in [0.3, 0.4) is 0 Å². The second-order valence-corrected chi connectivity index (χ2v) is 4.23. The first kappa shape index (κ1) is 11.7. The molecule has 0 unspecified atom stereocenters. The summed E-state index contributed by atoms with van der Waals surface area (Å²) in [7, 11) is 0. The van der Waals surface area contributed by atoms with E-state index < -0.39 is 0 Å². The molecule has 0 aliphatic heterocycles. The smallest absolute Gasteiger partial charge is 0.167 e. The van der Waals surface area contributed by atoms with E-state index in [1.165, 1.54) is 0 Å². The van der Waals surface area contributed by atoms with Crippen molar-refractivity contribution in [3.05, 3.63) is 64.7 Å². The molecule has 0 amide bonds. The summed E-state index contributed by atoms with van der Waals surface area (Å²) in [6, 6.07) is 14.6. The molecule has 17 heavy (non-hydrogen) atoms. The van der Waals surface area contributed by atoms with Crippen molar-refractivity contribution in [2.45, 2.75) is 6.42 Å². The second-order valence-electron chi connectivity index (χ2n) is 3.82. The van der Waals surface area contributed by atoms with E-state index in [0.29, 0.717) is 22.7 Å². The fourth-order valence-electron chi connectivity index (χ4n) is 1.58. The minimum atomic E-state index is 0.0399. The molecule has 2 N–H and O–H groups in total. The normalized spacial score (nSPS) is 10.2. The Balaban J connectivity index is 2.18. The number of carbonyl (C=O) groups excluding carboxylic acids is 1. The zero-order valence-electron chi connectivity index (χ0n) is 9.19. The molecule has 3 heteroatoms. The van der Waals surface area contributed by atoms with E-state index in [4.69, 9.17) is 17.3 Å². The van der Waals surface area contributed by atoms with Gasteiger partial charge in [-0.3, -0.25) is 4.79 Å². The molecule has 2 rings (SSSR count). The van der Waals surface area contributed by atoms with Crippen molar-refractivity contribution in [3.8, 4) is 0 Å². The summed E-state index contributed by atoms with van der Waals surface area (Å²) in [4.78, 5) is 12.0. The molecule has 0 atom stereocenters. The predicted octanol–water partition coefficient (Wildman–Crippen LogP) is 3.35. The molecule has 0 heterocycles. The highest BCUT2D eigenvalue weighted by Gasteiger charge is 2.08. The van der Waals surface area contributed by atoms with Gasteiger partial charge in [0.05, 0.1) is 10.7 Å². The molecule has 0 saturated carbocycles. The first-order valence-electron chi connectivity index (χ1n) is 5.29. The molecule has 2 nitrogen and oxygen atoms in total. The maximum atomic E-state index is 12.0. The lowest BCUT2D eigenvalue weighted by Crippen LogP contribution is -2.03. The van der Waals surface area contributed by atoms with E-state index in [1.54, 1.807) is 18.2 Å². The van der Waals surface area contributed by atoms with E-state index in [2.05, 4.69) is 0 Å². The van der Waals surface area contributed by atoms with Gasteiger partial charge >= 0.3 is 0 Å². The third kappa shape index (κ3) is 2.86. The summed E-state index contributed by atoms with van der Waals surface area (Å²) in [5, 5.41) is 0.420. The SMILES string of the molecule is Nc1ccc(C(=O)Cc2ccccc2)cc1Cl. The topological polar surface area (TPSA) is 43.1 Å². The van der Waals surface area contributed by atoms with E-state index in [0.717, 1.165) is 5.56 Å². The van der Waals surface area contributed by atoms with Crippen LogP contribution in [0.25, 0.3) is 0 Å². The van der Waals surface area contributed by atoms with Gasteiger partial charge in [-0.15, -0.1) is 0 Å². The van der Waals surface area contributed by atoms with E-state index in [-0.39, 0.29) is 5.78 Å². The van der Waals surface area contributed by atoms with Gasteiger partial charge in [-0.05, 0) is 23.8 Å². The number of rotatable bonds is 3. The first-order valence-corrected chi connectivity index (χ1v) is 5.67. The lowest BCUT2D eigenvalue weighted by molar-refractivity contribution is 0.0993. The van der Waals surface area contributed by atoms with Gasteiger partial charge in [0.2, 0.25) is 0 Å². The summed E-state index contributed by atoms with van der Waals surface area (Å²) in [6.45, 7) is 0. The molecule has 0 aliphatic rings. The Bertz CT molecular complexity index is 537. The monoisotopic (exact) mass is 245 g/mol. The number of carbonyl (C=O) groups is 1. The highest BCUT2D eigenvalue weighted by atomic mass is 35.5. The average molecular weight is 246 g/mol. The van der Waals surface area contributed by atoms with Crippen molar-refractivity contribution in [1.29, 1.82) is 0 Å². The maximum Gasteiger partial charge on any atom is 0.167 e. The molecule has 0 fully saturated rings. The summed E-state index contributed by atoms with van der Waals surface area (Å²) >= 11 is 5.88. The standard InChI is InChI=1S/C14H12ClNO/c15-12-9-11(6-7-13(12)16)14(17)8-10-4-2-1-3-5-10/h1-7,9H,8,16H2. The highest BCUT2D eigenvalue weighted by Crippen LogP contribution is 2.20. The van der Waals surface area contributed by atoms with Crippen molar-refractivity contribution in [3.63, 3.8) is 0 Å². The van der Waals surface area contributed by atoms with Gasteiger partial charge in [-0.1, -0.05) is 41.9 Å². The Morgan fingerprint density at radius 1 is 1.12 bits per heavy atom. The molecule has 0 aromatic heterocycles. The van der Waals surface area contributed by atoms with Crippen LogP contribution < -0.4 is 5.73 Å². The predicted molar refractivity (Wildman–Crippen MR) is 70.3 cm³/mol. The molecule has 86 valence electrons. The van der Waals surface area contributed by atoms with Crippen LogP contribution in [0.15, 0.2) is 48.5 Å². The van der Waals surface area contributed by atoms with Crippen LogP contribution in [-0.2, 0) is 6.42 Å². The highest BCUT2D eigenvalue weighted by molar-refractivity contribution is 6.33. The Morgan fingerprint density at radius 3 is 2.47 bits per heavy atom. The summed E-state index contributed by atoms with van der Waals surface area (Å²) in [6.07, 6.45) is 0.376. The van der Waals surface area contributed by atoms with E-state index in [1.807, 2.05) is 30.3 Å². The van der Waals surface area contributed by atoms with E-state index >= 15 is 0 Å². The van der Waals surface area contributed by atoms with Crippen molar-refractivity contribution in [2.75, 3.05) is 5.73 Å². The van der Waals surface area contributed by atoms with Gasteiger partial charge in [0, 0.05) is 12.0 Å². The third-order valence-electron chi connectivity index (χ3n) is 2.53. The number of benzene rings is 2. The lowest BCUT2D eigenvalue weighted by Gasteiger charge is -2.03.